The molecule has 1 aromatic heterocycles. The smallest absolute Gasteiger partial charge is 0.0925 e. The SMILES string of the molecule is c1nc2c([nH]1)CCNC2C1CCCSC1. The summed E-state index contributed by atoms with van der Waals surface area (Å²) < 4.78 is 0. The number of H-pyrrole nitrogens is 1. The van der Waals surface area contributed by atoms with Gasteiger partial charge in [-0.15, -0.1) is 0 Å². The van der Waals surface area contributed by atoms with Gasteiger partial charge in [0.05, 0.1) is 18.1 Å². The molecule has 15 heavy (non-hydrogen) atoms. The predicted molar refractivity (Wildman–Crippen MR) is 63.1 cm³/mol. The van der Waals surface area contributed by atoms with Crippen molar-refractivity contribution in [2.24, 2.45) is 5.92 Å². The van der Waals surface area contributed by atoms with E-state index >= 15 is 0 Å². The van der Waals surface area contributed by atoms with Crippen molar-refractivity contribution in [2.75, 3.05) is 18.1 Å². The molecule has 0 aliphatic carbocycles. The monoisotopic (exact) mass is 223 g/mol. The normalized spacial score (nSPS) is 31.2. The van der Waals surface area contributed by atoms with Gasteiger partial charge in [-0.05, 0) is 30.3 Å². The summed E-state index contributed by atoms with van der Waals surface area (Å²) in [5, 5.41) is 3.64. The van der Waals surface area contributed by atoms with Crippen molar-refractivity contribution >= 4 is 11.8 Å². The van der Waals surface area contributed by atoms with Crippen LogP contribution in [0.25, 0.3) is 0 Å². The maximum absolute atomic E-state index is 4.49. The zero-order chi connectivity index (χ0) is 10.1. The second-order valence-corrected chi connectivity index (χ2v) is 5.58. The molecule has 4 heteroatoms. The van der Waals surface area contributed by atoms with Gasteiger partial charge in [0.2, 0.25) is 0 Å². The fraction of sp³-hybridized carbons (Fsp3) is 0.727. The Morgan fingerprint density at radius 1 is 1.47 bits per heavy atom. The zero-order valence-electron chi connectivity index (χ0n) is 8.83. The molecule has 1 fully saturated rings. The number of aromatic nitrogens is 2. The Morgan fingerprint density at radius 2 is 2.47 bits per heavy atom. The van der Waals surface area contributed by atoms with E-state index in [1.165, 1.54) is 35.7 Å². The Labute approximate surface area is 94.4 Å². The second kappa shape index (κ2) is 4.18. The standard InChI is InChI=1S/C11H17N3S/c1-2-8(6-15-5-1)10-11-9(3-4-12-10)13-7-14-11/h7-8,10,12H,1-6H2,(H,13,14). The van der Waals surface area contributed by atoms with E-state index < -0.39 is 0 Å². The van der Waals surface area contributed by atoms with Crippen molar-refractivity contribution in [1.29, 1.82) is 0 Å². The first-order valence-corrected chi connectivity index (χ1v) is 6.94. The summed E-state index contributed by atoms with van der Waals surface area (Å²) in [5.74, 6) is 3.42. The Hall–Kier alpha value is -0.480. The minimum Gasteiger partial charge on any atom is -0.348 e. The van der Waals surface area contributed by atoms with Gasteiger partial charge in [0.1, 0.15) is 0 Å². The van der Waals surface area contributed by atoms with Crippen LogP contribution in [0.1, 0.15) is 30.3 Å². The number of nitrogens with zero attached hydrogens (tertiary/aromatic N) is 1. The highest BCUT2D eigenvalue weighted by Crippen LogP contribution is 2.34. The molecular weight excluding hydrogens is 206 g/mol. The molecule has 0 amide bonds. The minimum absolute atomic E-state index is 0.507. The van der Waals surface area contributed by atoms with Crippen LogP contribution in [0.2, 0.25) is 0 Å². The zero-order valence-corrected chi connectivity index (χ0v) is 9.65. The molecule has 2 atom stereocenters. The average molecular weight is 223 g/mol. The summed E-state index contributed by atoms with van der Waals surface area (Å²) in [4.78, 5) is 7.75. The van der Waals surface area contributed by atoms with Crippen LogP contribution in [0.15, 0.2) is 6.33 Å². The van der Waals surface area contributed by atoms with Crippen LogP contribution in [0.5, 0.6) is 0 Å². The van der Waals surface area contributed by atoms with Crippen LogP contribution < -0.4 is 5.32 Å². The van der Waals surface area contributed by atoms with Gasteiger partial charge in [0, 0.05) is 18.7 Å². The van der Waals surface area contributed by atoms with E-state index in [1.54, 1.807) is 0 Å². The highest BCUT2D eigenvalue weighted by Gasteiger charge is 2.30. The molecule has 2 unspecified atom stereocenters. The molecule has 2 aliphatic rings. The first kappa shape index (κ1) is 9.73. The molecule has 1 aromatic rings. The lowest BCUT2D eigenvalue weighted by atomic mass is 9.90. The maximum atomic E-state index is 4.49. The van der Waals surface area contributed by atoms with Gasteiger partial charge in [0.15, 0.2) is 0 Å². The summed E-state index contributed by atoms with van der Waals surface area (Å²) in [6.45, 7) is 1.10. The van der Waals surface area contributed by atoms with Crippen LogP contribution in [0, 0.1) is 5.92 Å². The lowest BCUT2D eigenvalue weighted by Crippen LogP contribution is -2.36. The molecular formula is C11H17N3S. The Morgan fingerprint density at radius 3 is 3.33 bits per heavy atom. The number of hydrogen-bond acceptors (Lipinski definition) is 3. The van der Waals surface area contributed by atoms with E-state index in [2.05, 4.69) is 27.0 Å². The molecule has 2 N–H and O–H groups in total. The van der Waals surface area contributed by atoms with Crippen molar-refractivity contribution in [3.63, 3.8) is 0 Å². The van der Waals surface area contributed by atoms with Crippen LogP contribution in [-0.4, -0.2) is 28.0 Å². The average Bonchev–Trinajstić information content (AvgIpc) is 2.78. The Kier molecular flexibility index (Phi) is 2.71. The van der Waals surface area contributed by atoms with Gasteiger partial charge in [-0.1, -0.05) is 0 Å². The lowest BCUT2D eigenvalue weighted by molar-refractivity contribution is 0.344. The Bertz CT molecular complexity index is 330. The largest absolute Gasteiger partial charge is 0.348 e. The fourth-order valence-corrected chi connectivity index (χ4v) is 3.87. The predicted octanol–water partition coefficient (Wildman–Crippen LogP) is 1.74. The number of nitrogens with one attached hydrogen (secondary N) is 2. The second-order valence-electron chi connectivity index (χ2n) is 4.43. The lowest BCUT2D eigenvalue weighted by Gasteiger charge is -2.32. The van der Waals surface area contributed by atoms with Crippen molar-refractivity contribution < 1.29 is 0 Å². The third-order valence-electron chi connectivity index (χ3n) is 3.45. The van der Waals surface area contributed by atoms with E-state index in [9.17, 15) is 0 Å². The molecule has 1 saturated heterocycles. The van der Waals surface area contributed by atoms with Gasteiger partial charge in [-0.3, -0.25) is 0 Å². The van der Waals surface area contributed by atoms with Crippen LogP contribution >= 0.6 is 11.8 Å². The van der Waals surface area contributed by atoms with Gasteiger partial charge in [-0.25, -0.2) is 4.98 Å². The number of fused-ring (bicyclic) bond motifs is 1. The van der Waals surface area contributed by atoms with Crippen LogP contribution in [0.3, 0.4) is 0 Å². The molecule has 3 heterocycles. The van der Waals surface area contributed by atoms with Gasteiger partial charge in [-0.2, -0.15) is 11.8 Å². The molecule has 2 aliphatic heterocycles. The molecule has 82 valence electrons. The topological polar surface area (TPSA) is 40.7 Å². The maximum Gasteiger partial charge on any atom is 0.0925 e. The molecule has 0 radical (unpaired) electrons. The highest BCUT2D eigenvalue weighted by atomic mass is 32.2. The number of imidazole rings is 1. The third kappa shape index (κ3) is 1.81. The first-order valence-electron chi connectivity index (χ1n) is 5.78. The highest BCUT2D eigenvalue weighted by molar-refractivity contribution is 7.99. The van der Waals surface area contributed by atoms with Gasteiger partial charge < -0.3 is 10.3 Å². The quantitative estimate of drug-likeness (QED) is 0.762. The number of aromatic amines is 1. The number of thioether (sulfide) groups is 1. The van der Waals surface area contributed by atoms with Crippen molar-refractivity contribution in [3.05, 3.63) is 17.7 Å². The van der Waals surface area contributed by atoms with Crippen LogP contribution in [0.4, 0.5) is 0 Å². The van der Waals surface area contributed by atoms with Crippen molar-refractivity contribution in [3.8, 4) is 0 Å². The summed E-state index contributed by atoms with van der Waals surface area (Å²) in [5.41, 5.74) is 2.64. The van der Waals surface area contributed by atoms with E-state index in [0.717, 1.165) is 18.9 Å². The molecule has 0 aromatic carbocycles. The fourth-order valence-electron chi connectivity index (χ4n) is 2.67. The molecule has 3 rings (SSSR count). The number of rotatable bonds is 1. The summed E-state index contributed by atoms with van der Waals surface area (Å²) in [7, 11) is 0. The van der Waals surface area contributed by atoms with Gasteiger partial charge in [0.25, 0.3) is 0 Å². The molecule has 0 spiro atoms. The third-order valence-corrected chi connectivity index (χ3v) is 4.69. The van der Waals surface area contributed by atoms with Gasteiger partial charge >= 0.3 is 0 Å². The van der Waals surface area contributed by atoms with E-state index in [4.69, 9.17) is 0 Å². The van der Waals surface area contributed by atoms with Crippen molar-refractivity contribution in [2.45, 2.75) is 25.3 Å². The summed E-state index contributed by atoms with van der Waals surface area (Å²) in [6.07, 6.45) is 5.68. The Balaban J connectivity index is 1.82. The minimum atomic E-state index is 0.507. The van der Waals surface area contributed by atoms with E-state index in [1.807, 2.05) is 6.33 Å². The van der Waals surface area contributed by atoms with Crippen LogP contribution in [-0.2, 0) is 6.42 Å². The molecule has 0 saturated carbocycles. The molecule has 0 bridgehead atoms. The summed E-state index contributed by atoms with van der Waals surface area (Å²) in [6, 6.07) is 0.507. The number of hydrogen-bond donors (Lipinski definition) is 2. The van der Waals surface area contributed by atoms with E-state index in [0.29, 0.717) is 6.04 Å². The molecule has 3 nitrogen and oxygen atoms in total. The van der Waals surface area contributed by atoms with Crippen molar-refractivity contribution in [1.82, 2.24) is 15.3 Å². The van der Waals surface area contributed by atoms with E-state index in [-0.39, 0.29) is 0 Å². The summed E-state index contributed by atoms with van der Waals surface area (Å²) >= 11 is 2.10. The first-order chi connectivity index (χ1) is 7.45.